The summed E-state index contributed by atoms with van der Waals surface area (Å²) in [6.07, 6.45) is -0.196. The molecule has 1 saturated heterocycles. The minimum atomic E-state index is -0.225. The van der Waals surface area contributed by atoms with Gasteiger partial charge in [0.2, 0.25) is 0 Å². The summed E-state index contributed by atoms with van der Waals surface area (Å²) in [7, 11) is 0. The van der Waals surface area contributed by atoms with E-state index in [0.717, 1.165) is 0 Å². The predicted molar refractivity (Wildman–Crippen MR) is 69.1 cm³/mol. The first-order valence-electron chi connectivity index (χ1n) is 6.34. The number of hydrogen-bond acceptors (Lipinski definition) is 6. The summed E-state index contributed by atoms with van der Waals surface area (Å²) in [4.78, 5) is 13.5. The summed E-state index contributed by atoms with van der Waals surface area (Å²) in [6, 6.07) is 3.41. The first-order chi connectivity index (χ1) is 9.24. The van der Waals surface area contributed by atoms with Crippen molar-refractivity contribution in [1.82, 2.24) is 15.5 Å². The number of carbonyl (C=O) groups excluding carboxylic acids is 1. The van der Waals surface area contributed by atoms with Crippen LogP contribution in [0.3, 0.4) is 0 Å². The van der Waals surface area contributed by atoms with Crippen LogP contribution in [0.4, 0.5) is 5.82 Å². The van der Waals surface area contributed by atoms with E-state index in [0.29, 0.717) is 37.8 Å². The van der Waals surface area contributed by atoms with Gasteiger partial charge in [-0.15, -0.1) is 10.2 Å². The van der Waals surface area contributed by atoms with Gasteiger partial charge in [0.15, 0.2) is 11.5 Å². The number of aromatic nitrogens is 2. The number of aliphatic hydroxyl groups is 1. The number of nitrogens with one attached hydrogen (secondary N) is 1. The van der Waals surface area contributed by atoms with Crippen LogP contribution >= 0.6 is 0 Å². The van der Waals surface area contributed by atoms with Crippen LogP contribution in [0.2, 0.25) is 0 Å². The number of carbonyl (C=O) groups is 1. The van der Waals surface area contributed by atoms with Crippen molar-refractivity contribution < 1.29 is 14.6 Å². The third-order valence-corrected chi connectivity index (χ3v) is 2.89. The van der Waals surface area contributed by atoms with Crippen LogP contribution in [0.15, 0.2) is 12.1 Å². The van der Waals surface area contributed by atoms with Crippen molar-refractivity contribution in [2.24, 2.45) is 0 Å². The summed E-state index contributed by atoms with van der Waals surface area (Å²) in [6.45, 7) is 4.22. The maximum atomic E-state index is 11.6. The Kier molecular flexibility index (Phi) is 4.64. The van der Waals surface area contributed by atoms with Gasteiger partial charge in [-0.25, -0.2) is 0 Å². The van der Waals surface area contributed by atoms with Gasteiger partial charge in [-0.1, -0.05) is 0 Å². The number of rotatable bonds is 4. The molecule has 104 valence electrons. The average Bonchev–Trinajstić information content (AvgIpc) is 2.48. The van der Waals surface area contributed by atoms with Gasteiger partial charge in [-0.2, -0.15) is 0 Å². The second-order valence-electron chi connectivity index (χ2n) is 4.26. The fourth-order valence-electron chi connectivity index (χ4n) is 1.90. The van der Waals surface area contributed by atoms with Crippen LogP contribution in [0.5, 0.6) is 0 Å². The van der Waals surface area contributed by atoms with Gasteiger partial charge in [0, 0.05) is 19.6 Å². The van der Waals surface area contributed by atoms with E-state index in [1.54, 1.807) is 12.1 Å². The molecule has 1 fully saturated rings. The lowest BCUT2D eigenvalue weighted by molar-refractivity contribution is 0.00332. The van der Waals surface area contributed by atoms with E-state index >= 15 is 0 Å². The van der Waals surface area contributed by atoms with Crippen molar-refractivity contribution in [3.8, 4) is 0 Å². The molecule has 0 aromatic carbocycles. The molecule has 1 amide bonds. The van der Waals surface area contributed by atoms with Gasteiger partial charge in [0.25, 0.3) is 5.91 Å². The molecular formula is C12H18N4O3. The van der Waals surface area contributed by atoms with Gasteiger partial charge in [0.05, 0.1) is 19.3 Å². The van der Waals surface area contributed by atoms with Gasteiger partial charge in [-0.3, -0.25) is 4.79 Å². The molecule has 2 rings (SSSR count). The maximum absolute atomic E-state index is 11.6. The lowest BCUT2D eigenvalue weighted by atomic mass is 10.2. The van der Waals surface area contributed by atoms with Crippen molar-refractivity contribution in [3.05, 3.63) is 17.8 Å². The van der Waals surface area contributed by atoms with E-state index in [2.05, 4.69) is 15.5 Å². The topological polar surface area (TPSA) is 87.6 Å². The Morgan fingerprint density at radius 2 is 2.42 bits per heavy atom. The largest absolute Gasteiger partial charge is 0.394 e. The maximum Gasteiger partial charge on any atom is 0.271 e. The number of ether oxygens (including phenoxy) is 1. The number of morpholine rings is 1. The zero-order chi connectivity index (χ0) is 13.7. The lowest BCUT2D eigenvalue weighted by Gasteiger charge is -2.32. The minimum absolute atomic E-state index is 0.0130. The quantitative estimate of drug-likeness (QED) is 0.758. The van der Waals surface area contributed by atoms with E-state index in [1.165, 1.54) is 0 Å². The highest BCUT2D eigenvalue weighted by molar-refractivity contribution is 5.92. The van der Waals surface area contributed by atoms with Crippen molar-refractivity contribution >= 4 is 11.7 Å². The van der Waals surface area contributed by atoms with Crippen LogP contribution in [-0.2, 0) is 4.74 Å². The Morgan fingerprint density at radius 3 is 3.05 bits per heavy atom. The molecule has 0 spiro atoms. The fraction of sp³-hybridized carbons (Fsp3) is 0.583. The lowest BCUT2D eigenvalue weighted by Crippen LogP contribution is -2.44. The van der Waals surface area contributed by atoms with Gasteiger partial charge in [0.1, 0.15) is 0 Å². The van der Waals surface area contributed by atoms with E-state index in [4.69, 9.17) is 9.84 Å². The van der Waals surface area contributed by atoms with Crippen LogP contribution in [0, 0.1) is 0 Å². The van der Waals surface area contributed by atoms with E-state index < -0.39 is 0 Å². The van der Waals surface area contributed by atoms with E-state index in [1.807, 2.05) is 11.8 Å². The highest BCUT2D eigenvalue weighted by Crippen LogP contribution is 2.14. The normalized spacial score (nSPS) is 19.3. The molecule has 1 aliphatic rings. The van der Waals surface area contributed by atoms with Crippen LogP contribution in [-0.4, -0.2) is 60.2 Å². The van der Waals surface area contributed by atoms with Gasteiger partial charge < -0.3 is 20.1 Å². The Bertz CT molecular complexity index is 423. The van der Waals surface area contributed by atoms with Gasteiger partial charge >= 0.3 is 0 Å². The van der Waals surface area contributed by atoms with Crippen LogP contribution in [0.1, 0.15) is 17.4 Å². The molecule has 19 heavy (non-hydrogen) atoms. The highest BCUT2D eigenvalue weighted by Gasteiger charge is 2.21. The summed E-state index contributed by atoms with van der Waals surface area (Å²) >= 11 is 0. The minimum Gasteiger partial charge on any atom is -0.394 e. The highest BCUT2D eigenvalue weighted by atomic mass is 16.5. The Labute approximate surface area is 111 Å². The molecule has 1 aromatic rings. The predicted octanol–water partition coefficient (Wildman–Crippen LogP) is -0.576. The standard InChI is InChI=1S/C12H18N4O3/c1-2-13-12(18)10-3-4-11(15-14-10)16-5-6-19-9(7-16)8-17/h3-4,9,17H,2,5-8H2,1H3,(H,13,18). The molecule has 1 unspecified atom stereocenters. The second-order valence-corrected chi connectivity index (χ2v) is 4.26. The van der Waals surface area contributed by atoms with Crippen LogP contribution in [0.25, 0.3) is 0 Å². The molecule has 0 bridgehead atoms. The molecule has 0 radical (unpaired) electrons. The molecule has 1 aliphatic heterocycles. The van der Waals surface area contributed by atoms with Gasteiger partial charge in [-0.05, 0) is 19.1 Å². The Hall–Kier alpha value is -1.73. The second kappa shape index (κ2) is 6.44. The fourth-order valence-corrected chi connectivity index (χ4v) is 1.90. The number of hydrogen-bond donors (Lipinski definition) is 2. The van der Waals surface area contributed by atoms with Crippen molar-refractivity contribution in [1.29, 1.82) is 0 Å². The number of aliphatic hydroxyl groups excluding tert-OH is 1. The Morgan fingerprint density at radius 1 is 1.58 bits per heavy atom. The smallest absolute Gasteiger partial charge is 0.271 e. The van der Waals surface area contributed by atoms with E-state index in [9.17, 15) is 4.79 Å². The first-order valence-corrected chi connectivity index (χ1v) is 6.34. The zero-order valence-corrected chi connectivity index (χ0v) is 10.9. The molecule has 0 saturated carbocycles. The third-order valence-electron chi connectivity index (χ3n) is 2.89. The molecule has 1 aromatic heterocycles. The number of amides is 1. The molecule has 2 heterocycles. The molecule has 7 nitrogen and oxygen atoms in total. The monoisotopic (exact) mass is 266 g/mol. The molecule has 7 heteroatoms. The number of anilines is 1. The number of nitrogens with zero attached hydrogens (tertiary/aromatic N) is 3. The summed E-state index contributed by atoms with van der Waals surface area (Å²) in [5, 5.41) is 19.7. The van der Waals surface area contributed by atoms with Crippen molar-refractivity contribution in [2.75, 3.05) is 37.7 Å². The van der Waals surface area contributed by atoms with Crippen molar-refractivity contribution in [3.63, 3.8) is 0 Å². The summed E-state index contributed by atoms with van der Waals surface area (Å²) in [5.74, 6) is 0.464. The molecular weight excluding hydrogens is 248 g/mol. The zero-order valence-electron chi connectivity index (χ0n) is 10.9. The Balaban J connectivity index is 2.03. The van der Waals surface area contributed by atoms with Crippen LogP contribution < -0.4 is 10.2 Å². The third kappa shape index (κ3) is 3.39. The van der Waals surface area contributed by atoms with E-state index in [-0.39, 0.29) is 18.6 Å². The summed E-state index contributed by atoms with van der Waals surface area (Å²) < 4.78 is 5.37. The first kappa shape index (κ1) is 13.7. The molecule has 1 atom stereocenters. The average molecular weight is 266 g/mol. The SMILES string of the molecule is CCNC(=O)c1ccc(N2CCOC(CO)C2)nn1. The van der Waals surface area contributed by atoms with Crippen molar-refractivity contribution in [2.45, 2.75) is 13.0 Å². The summed E-state index contributed by atoms with van der Waals surface area (Å²) in [5.41, 5.74) is 0.303. The molecule has 2 N–H and O–H groups in total. The molecule has 0 aliphatic carbocycles.